The van der Waals surface area contributed by atoms with Gasteiger partial charge in [0.25, 0.3) is 0 Å². The molecule has 8 heteroatoms. The number of fused-ring (bicyclic) bond motifs is 1. The Morgan fingerprint density at radius 3 is 2.55 bits per heavy atom. The Hall–Kier alpha value is -2.55. The third-order valence-corrected chi connectivity index (χ3v) is 7.57. The van der Waals surface area contributed by atoms with Gasteiger partial charge in [-0.1, -0.05) is 12.1 Å². The first-order valence-corrected chi connectivity index (χ1v) is 12.2. The fourth-order valence-electron chi connectivity index (χ4n) is 5.35. The number of nitrogens with one attached hydrogen (secondary N) is 1. The Labute approximate surface area is 194 Å². The van der Waals surface area contributed by atoms with Gasteiger partial charge in [0.05, 0.1) is 48.4 Å². The van der Waals surface area contributed by atoms with Crippen molar-refractivity contribution < 1.29 is 9.47 Å². The average molecular weight is 449 g/mol. The summed E-state index contributed by atoms with van der Waals surface area (Å²) in [5, 5.41) is 9.10. The van der Waals surface area contributed by atoms with Crippen LogP contribution in [-0.2, 0) is 9.47 Å². The number of anilines is 2. The summed E-state index contributed by atoms with van der Waals surface area (Å²) in [5.74, 6) is 1.21. The van der Waals surface area contributed by atoms with Gasteiger partial charge in [-0.15, -0.1) is 0 Å². The second-order valence-corrected chi connectivity index (χ2v) is 9.57. The summed E-state index contributed by atoms with van der Waals surface area (Å²) in [6.45, 7) is 7.83. The van der Waals surface area contributed by atoms with Crippen molar-refractivity contribution in [2.75, 3.05) is 44.8 Å². The molecular weight excluding hydrogens is 416 g/mol. The summed E-state index contributed by atoms with van der Waals surface area (Å²) in [5.41, 5.74) is 4.46. The standard InChI is InChI=1S/C25H32N6O2/c1-17-24(14-27-31(17)21-6-10-32-11-7-21)29-25-26-13-20-3-2-19(12-23(20)28-25)18-4-8-30(9-5-18)22-15-33-16-22/h2-3,12-14,18,21-22H,4-11,15-16H2,1H3,(H,26,28,29). The molecule has 1 aromatic carbocycles. The zero-order chi connectivity index (χ0) is 22.2. The molecule has 3 fully saturated rings. The number of ether oxygens (including phenoxy) is 2. The molecule has 1 N–H and O–H groups in total. The molecule has 5 heterocycles. The van der Waals surface area contributed by atoms with E-state index in [2.05, 4.69) is 50.1 Å². The molecule has 3 aliphatic rings. The first-order valence-electron chi connectivity index (χ1n) is 12.2. The molecule has 3 saturated heterocycles. The summed E-state index contributed by atoms with van der Waals surface area (Å²) in [6.07, 6.45) is 8.20. The van der Waals surface area contributed by atoms with Crippen LogP contribution in [0, 0.1) is 6.92 Å². The summed E-state index contributed by atoms with van der Waals surface area (Å²) < 4.78 is 13.0. The van der Waals surface area contributed by atoms with Crippen molar-refractivity contribution >= 4 is 22.5 Å². The lowest BCUT2D eigenvalue weighted by Crippen LogP contribution is -2.51. The van der Waals surface area contributed by atoms with Crippen molar-refractivity contribution in [1.29, 1.82) is 0 Å². The van der Waals surface area contributed by atoms with Crippen LogP contribution in [0.3, 0.4) is 0 Å². The molecule has 174 valence electrons. The third-order valence-electron chi connectivity index (χ3n) is 7.57. The van der Waals surface area contributed by atoms with Crippen LogP contribution >= 0.6 is 0 Å². The maximum Gasteiger partial charge on any atom is 0.227 e. The van der Waals surface area contributed by atoms with Gasteiger partial charge in [-0.3, -0.25) is 9.58 Å². The average Bonchev–Trinajstić information content (AvgIpc) is 3.18. The van der Waals surface area contributed by atoms with E-state index in [0.717, 1.165) is 74.6 Å². The van der Waals surface area contributed by atoms with E-state index in [1.807, 2.05) is 12.4 Å². The molecule has 8 nitrogen and oxygen atoms in total. The molecule has 0 spiro atoms. The second kappa shape index (κ2) is 9.00. The monoisotopic (exact) mass is 448 g/mol. The molecule has 6 rings (SSSR count). The van der Waals surface area contributed by atoms with Gasteiger partial charge in [0.15, 0.2) is 0 Å². The molecule has 0 bridgehead atoms. The number of benzene rings is 1. The lowest BCUT2D eigenvalue weighted by molar-refractivity contribution is -0.0712. The number of aromatic nitrogens is 4. The van der Waals surface area contributed by atoms with E-state index >= 15 is 0 Å². The maximum atomic E-state index is 5.50. The van der Waals surface area contributed by atoms with Crippen molar-refractivity contribution in [1.82, 2.24) is 24.6 Å². The molecule has 0 aliphatic carbocycles. The molecule has 0 atom stereocenters. The van der Waals surface area contributed by atoms with E-state index in [1.165, 1.54) is 18.4 Å². The minimum absolute atomic E-state index is 0.401. The highest BCUT2D eigenvalue weighted by Crippen LogP contribution is 2.32. The van der Waals surface area contributed by atoms with Crippen molar-refractivity contribution in [2.24, 2.45) is 0 Å². The van der Waals surface area contributed by atoms with Gasteiger partial charge in [0.1, 0.15) is 0 Å². The summed E-state index contributed by atoms with van der Waals surface area (Å²) in [6, 6.07) is 7.72. The molecule has 0 amide bonds. The normalized spacial score (nSPS) is 21.4. The minimum atomic E-state index is 0.401. The number of likely N-dealkylation sites (tertiary alicyclic amines) is 1. The van der Waals surface area contributed by atoms with E-state index in [9.17, 15) is 0 Å². The van der Waals surface area contributed by atoms with Crippen LogP contribution in [0.15, 0.2) is 30.6 Å². The summed E-state index contributed by atoms with van der Waals surface area (Å²) >= 11 is 0. The van der Waals surface area contributed by atoms with Crippen LogP contribution in [0.1, 0.15) is 48.9 Å². The van der Waals surface area contributed by atoms with Crippen LogP contribution in [0.4, 0.5) is 11.6 Å². The van der Waals surface area contributed by atoms with Gasteiger partial charge >= 0.3 is 0 Å². The molecule has 2 aromatic heterocycles. The predicted molar refractivity (Wildman–Crippen MR) is 127 cm³/mol. The van der Waals surface area contributed by atoms with E-state index in [4.69, 9.17) is 14.5 Å². The molecule has 3 aliphatic heterocycles. The van der Waals surface area contributed by atoms with Gasteiger partial charge in [-0.05, 0) is 63.2 Å². The van der Waals surface area contributed by atoms with Crippen LogP contribution < -0.4 is 5.32 Å². The van der Waals surface area contributed by atoms with Crippen molar-refractivity contribution in [3.63, 3.8) is 0 Å². The van der Waals surface area contributed by atoms with Gasteiger partial charge in [-0.25, -0.2) is 9.97 Å². The van der Waals surface area contributed by atoms with E-state index < -0.39 is 0 Å². The predicted octanol–water partition coefficient (Wildman–Crippen LogP) is 3.81. The van der Waals surface area contributed by atoms with Crippen molar-refractivity contribution in [3.05, 3.63) is 41.9 Å². The van der Waals surface area contributed by atoms with Crippen LogP contribution in [0.2, 0.25) is 0 Å². The molecule has 0 radical (unpaired) electrons. The fourth-order valence-corrected chi connectivity index (χ4v) is 5.35. The lowest BCUT2D eigenvalue weighted by Gasteiger charge is -2.41. The van der Waals surface area contributed by atoms with Crippen LogP contribution in [0.5, 0.6) is 0 Å². The second-order valence-electron chi connectivity index (χ2n) is 9.57. The topological polar surface area (TPSA) is 77.3 Å². The zero-order valence-electron chi connectivity index (χ0n) is 19.2. The zero-order valence-corrected chi connectivity index (χ0v) is 19.2. The van der Waals surface area contributed by atoms with Crippen molar-refractivity contribution in [2.45, 2.75) is 50.6 Å². The Kier molecular flexibility index (Phi) is 5.73. The largest absolute Gasteiger partial charge is 0.381 e. The molecule has 0 saturated carbocycles. The summed E-state index contributed by atoms with van der Waals surface area (Å²) in [7, 11) is 0. The number of nitrogens with zero attached hydrogens (tertiary/aromatic N) is 5. The first-order chi connectivity index (χ1) is 16.2. The highest BCUT2D eigenvalue weighted by molar-refractivity contribution is 5.80. The summed E-state index contributed by atoms with van der Waals surface area (Å²) in [4.78, 5) is 12.0. The number of hydrogen-bond donors (Lipinski definition) is 1. The number of piperidine rings is 1. The molecular formula is C25H32N6O2. The quantitative estimate of drug-likeness (QED) is 0.636. The number of hydrogen-bond acceptors (Lipinski definition) is 7. The van der Waals surface area contributed by atoms with E-state index in [1.54, 1.807) is 0 Å². The van der Waals surface area contributed by atoms with Gasteiger partial charge in [-0.2, -0.15) is 5.10 Å². The van der Waals surface area contributed by atoms with Crippen LogP contribution in [-0.4, -0.2) is 70.2 Å². The van der Waals surface area contributed by atoms with Crippen LogP contribution in [0.25, 0.3) is 10.9 Å². The van der Waals surface area contributed by atoms with Gasteiger partial charge < -0.3 is 14.8 Å². The maximum absolute atomic E-state index is 5.50. The van der Waals surface area contributed by atoms with Crippen molar-refractivity contribution in [3.8, 4) is 0 Å². The molecule has 0 unspecified atom stereocenters. The third kappa shape index (κ3) is 4.23. The molecule has 3 aromatic rings. The minimum Gasteiger partial charge on any atom is -0.381 e. The van der Waals surface area contributed by atoms with Gasteiger partial charge in [0, 0.05) is 24.8 Å². The highest BCUT2D eigenvalue weighted by atomic mass is 16.5. The Bertz CT molecular complexity index is 1110. The number of rotatable bonds is 5. The van der Waals surface area contributed by atoms with E-state index in [-0.39, 0.29) is 0 Å². The Balaban J connectivity index is 1.17. The lowest BCUT2D eigenvalue weighted by atomic mass is 9.88. The Morgan fingerprint density at radius 1 is 0.970 bits per heavy atom. The van der Waals surface area contributed by atoms with Gasteiger partial charge in [0.2, 0.25) is 5.95 Å². The SMILES string of the molecule is Cc1c(Nc2ncc3ccc(C4CCN(C5COC5)CC4)cc3n2)cnn1C1CCOCC1. The first kappa shape index (κ1) is 21.0. The highest BCUT2D eigenvalue weighted by Gasteiger charge is 2.30. The van der Waals surface area contributed by atoms with E-state index in [0.29, 0.717) is 23.9 Å². The Morgan fingerprint density at radius 2 is 1.79 bits per heavy atom. The fraction of sp³-hybridized carbons (Fsp3) is 0.560. The molecule has 33 heavy (non-hydrogen) atoms. The smallest absolute Gasteiger partial charge is 0.227 e.